The van der Waals surface area contributed by atoms with Gasteiger partial charge in [0.1, 0.15) is 6.07 Å². The fourth-order valence-corrected chi connectivity index (χ4v) is 2.30. The van der Waals surface area contributed by atoms with Gasteiger partial charge in [-0.15, -0.1) is 0 Å². The molecule has 1 atom stereocenters. The van der Waals surface area contributed by atoms with E-state index in [0.717, 1.165) is 10.0 Å². The summed E-state index contributed by atoms with van der Waals surface area (Å²) in [7, 11) is 1.48. The van der Waals surface area contributed by atoms with Gasteiger partial charge < -0.3 is 10.1 Å². The van der Waals surface area contributed by atoms with E-state index in [2.05, 4.69) is 21.2 Å². The van der Waals surface area contributed by atoms with E-state index in [1.165, 1.54) is 7.11 Å². The Balaban J connectivity index is 2.25. The van der Waals surface area contributed by atoms with Gasteiger partial charge in [0.25, 0.3) is 5.91 Å². The maximum Gasteiger partial charge on any atom is 0.258 e. The molecule has 2 rings (SSSR count). The van der Waals surface area contributed by atoms with E-state index in [4.69, 9.17) is 10.00 Å². The van der Waals surface area contributed by atoms with Crippen LogP contribution in [0, 0.1) is 11.3 Å². The van der Waals surface area contributed by atoms with E-state index in [1.807, 2.05) is 36.4 Å². The van der Waals surface area contributed by atoms with Crippen LogP contribution in [0.3, 0.4) is 0 Å². The van der Waals surface area contributed by atoms with Crippen molar-refractivity contribution in [1.82, 2.24) is 0 Å². The zero-order valence-corrected chi connectivity index (χ0v) is 12.9. The first-order valence-electron chi connectivity index (χ1n) is 6.24. The Kier molecular flexibility index (Phi) is 5.09. The number of hydrogen-bond donors (Lipinski definition) is 1. The molecule has 1 amide bonds. The molecular weight excluding hydrogens is 332 g/mol. The Morgan fingerprint density at radius 3 is 2.62 bits per heavy atom. The Hall–Kier alpha value is -2.16. The SMILES string of the molecule is COC(C(=O)Nc1cc(Br)ccc1C#N)c1ccccc1. The van der Waals surface area contributed by atoms with Gasteiger partial charge in [-0.1, -0.05) is 46.3 Å². The van der Waals surface area contributed by atoms with Crippen LogP contribution in [-0.4, -0.2) is 13.0 Å². The van der Waals surface area contributed by atoms with E-state index in [1.54, 1.807) is 18.2 Å². The third kappa shape index (κ3) is 3.69. The zero-order chi connectivity index (χ0) is 15.2. The van der Waals surface area contributed by atoms with Crippen LogP contribution in [0.1, 0.15) is 17.2 Å². The Bertz CT molecular complexity index is 680. The Labute approximate surface area is 131 Å². The van der Waals surface area contributed by atoms with Gasteiger partial charge in [0.15, 0.2) is 6.10 Å². The van der Waals surface area contributed by atoms with Crippen LogP contribution in [0.5, 0.6) is 0 Å². The standard InChI is InChI=1S/C16H13BrN2O2/c1-21-15(11-5-3-2-4-6-11)16(20)19-14-9-13(17)8-7-12(14)10-18/h2-9,15H,1H3,(H,19,20). The fraction of sp³-hybridized carbons (Fsp3) is 0.125. The minimum absolute atomic E-state index is 0.321. The molecule has 0 heterocycles. The zero-order valence-electron chi connectivity index (χ0n) is 11.3. The molecule has 2 aromatic rings. The summed E-state index contributed by atoms with van der Waals surface area (Å²) in [6, 6.07) is 16.3. The molecule has 2 aromatic carbocycles. The first-order chi connectivity index (χ1) is 10.2. The number of carbonyl (C=O) groups excluding carboxylic acids is 1. The average Bonchev–Trinajstić information content (AvgIpc) is 2.49. The number of methoxy groups -OCH3 is 1. The summed E-state index contributed by atoms with van der Waals surface area (Å²) in [5.41, 5.74) is 1.61. The molecule has 0 spiro atoms. The normalized spacial score (nSPS) is 11.5. The van der Waals surface area contributed by atoms with Crippen LogP contribution >= 0.6 is 15.9 Å². The summed E-state index contributed by atoms with van der Waals surface area (Å²) >= 11 is 3.32. The molecule has 106 valence electrons. The number of nitriles is 1. The molecule has 1 N–H and O–H groups in total. The van der Waals surface area contributed by atoms with Crippen LogP contribution in [0.2, 0.25) is 0 Å². The Morgan fingerprint density at radius 2 is 2.00 bits per heavy atom. The summed E-state index contributed by atoms with van der Waals surface area (Å²) in [4.78, 5) is 12.4. The topological polar surface area (TPSA) is 62.1 Å². The average molecular weight is 345 g/mol. The van der Waals surface area contributed by atoms with Gasteiger partial charge in [-0.05, 0) is 23.8 Å². The highest BCUT2D eigenvalue weighted by atomic mass is 79.9. The van der Waals surface area contributed by atoms with Crippen LogP contribution < -0.4 is 5.32 Å². The summed E-state index contributed by atoms with van der Waals surface area (Å²) in [6.07, 6.45) is -0.725. The van der Waals surface area contributed by atoms with Crippen molar-refractivity contribution >= 4 is 27.5 Å². The van der Waals surface area contributed by atoms with Crippen molar-refractivity contribution in [3.8, 4) is 6.07 Å². The van der Waals surface area contributed by atoms with Gasteiger partial charge in [0, 0.05) is 11.6 Å². The lowest BCUT2D eigenvalue weighted by atomic mass is 10.1. The largest absolute Gasteiger partial charge is 0.367 e. The summed E-state index contributed by atoms with van der Waals surface area (Å²) < 4.78 is 6.05. The predicted octanol–water partition coefficient (Wildman–Crippen LogP) is 3.65. The highest BCUT2D eigenvalue weighted by Crippen LogP contribution is 2.24. The van der Waals surface area contributed by atoms with E-state index in [9.17, 15) is 4.79 Å². The first kappa shape index (κ1) is 15.2. The van der Waals surface area contributed by atoms with E-state index >= 15 is 0 Å². The molecule has 0 saturated carbocycles. The van der Waals surface area contributed by atoms with Crippen molar-refractivity contribution in [3.63, 3.8) is 0 Å². The number of halogens is 1. The number of hydrogen-bond acceptors (Lipinski definition) is 3. The van der Waals surface area contributed by atoms with Crippen molar-refractivity contribution < 1.29 is 9.53 Å². The highest BCUT2D eigenvalue weighted by Gasteiger charge is 2.20. The molecule has 0 radical (unpaired) electrons. The lowest BCUT2D eigenvalue weighted by Crippen LogP contribution is -2.23. The minimum atomic E-state index is -0.725. The van der Waals surface area contributed by atoms with Crippen molar-refractivity contribution in [2.75, 3.05) is 12.4 Å². The van der Waals surface area contributed by atoms with Gasteiger partial charge >= 0.3 is 0 Å². The molecule has 0 aliphatic rings. The fourth-order valence-electron chi connectivity index (χ4n) is 1.94. The van der Waals surface area contributed by atoms with E-state index in [0.29, 0.717) is 11.3 Å². The summed E-state index contributed by atoms with van der Waals surface area (Å²) in [6.45, 7) is 0. The van der Waals surface area contributed by atoms with Gasteiger partial charge in [-0.2, -0.15) is 5.26 Å². The molecule has 21 heavy (non-hydrogen) atoms. The van der Waals surface area contributed by atoms with Crippen molar-refractivity contribution in [2.45, 2.75) is 6.10 Å². The first-order valence-corrected chi connectivity index (χ1v) is 7.03. The number of benzene rings is 2. The van der Waals surface area contributed by atoms with Crippen LogP contribution in [-0.2, 0) is 9.53 Å². The maximum atomic E-state index is 12.4. The molecule has 1 unspecified atom stereocenters. The number of nitrogens with zero attached hydrogens (tertiary/aromatic N) is 1. The lowest BCUT2D eigenvalue weighted by molar-refractivity contribution is -0.126. The molecule has 0 aliphatic heterocycles. The van der Waals surface area contributed by atoms with Crippen molar-refractivity contribution in [1.29, 1.82) is 5.26 Å². The number of carbonyl (C=O) groups is 1. The smallest absolute Gasteiger partial charge is 0.258 e. The molecule has 0 bridgehead atoms. The lowest BCUT2D eigenvalue weighted by Gasteiger charge is -2.16. The molecule has 0 fully saturated rings. The van der Waals surface area contributed by atoms with Gasteiger partial charge in [0.05, 0.1) is 11.3 Å². The molecular formula is C16H13BrN2O2. The second kappa shape index (κ2) is 7.02. The second-order valence-electron chi connectivity index (χ2n) is 4.32. The monoisotopic (exact) mass is 344 g/mol. The summed E-state index contributed by atoms with van der Waals surface area (Å²) in [5.74, 6) is -0.321. The highest BCUT2D eigenvalue weighted by molar-refractivity contribution is 9.10. The quantitative estimate of drug-likeness (QED) is 0.920. The van der Waals surface area contributed by atoms with Crippen molar-refractivity contribution in [2.24, 2.45) is 0 Å². The van der Waals surface area contributed by atoms with E-state index < -0.39 is 6.10 Å². The van der Waals surface area contributed by atoms with Gasteiger partial charge in [0.2, 0.25) is 0 Å². The number of amides is 1. The van der Waals surface area contributed by atoms with Crippen LogP contribution in [0.15, 0.2) is 53.0 Å². The minimum Gasteiger partial charge on any atom is -0.367 e. The number of nitrogens with one attached hydrogen (secondary N) is 1. The number of anilines is 1. The second-order valence-corrected chi connectivity index (χ2v) is 5.23. The van der Waals surface area contributed by atoms with Crippen molar-refractivity contribution in [3.05, 3.63) is 64.1 Å². The molecule has 0 aliphatic carbocycles. The van der Waals surface area contributed by atoms with Crippen LogP contribution in [0.25, 0.3) is 0 Å². The number of ether oxygens (including phenoxy) is 1. The molecule has 4 nitrogen and oxygen atoms in total. The maximum absolute atomic E-state index is 12.4. The summed E-state index contributed by atoms with van der Waals surface area (Å²) in [5, 5.41) is 11.8. The predicted molar refractivity (Wildman–Crippen MR) is 83.7 cm³/mol. The van der Waals surface area contributed by atoms with E-state index in [-0.39, 0.29) is 5.91 Å². The van der Waals surface area contributed by atoms with Gasteiger partial charge in [-0.3, -0.25) is 4.79 Å². The molecule has 0 saturated heterocycles. The molecule has 5 heteroatoms. The number of rotatable bonds is 4. The molecule has 0 aromatic heterocycles. The Morgan fingerprint density at radius 1 is 1.29 bits per heavy atom. The third-order valence-corrected chi connectivity index (χ3v) is 3.43. The van der Waals surface area contributed by atoms with Crippen LogP contribution in [0.4, 0.5) is 5.69 Å². The third-order valence-electron chi connectivity index (χ3n) is 2.94. The van der Waals surface area contributed by atoms with Gasteiger partial charge in [-0.25, -0.2) is 0 Å².